The SMILES string of the molecule is N#CC(Cc1ccccc1F)(c1ccccc1)c1ccccc1. The van der Waals surface area contributed by atoms with Crippen LogP contribution in [0.25, 0.3) is 0 Å². The van der Waals surface area contributed by atoms with Crippen LogP contribution >= 0.6 is 0 Å². The van der Waals surface area contributed by atoms with Crippen LogP contribution in [0.4, 0.5) is 4.39 Å². The molecule has 0 bridgehead atoms. The second-order valence-electron chi connectivity index (χ2n) is 5.52. The molecule has 0 fully saturated rings. The molecule has 0 aliphatic rings. The van der Waals surface area contributed by atoms with E-state index in [0.29, 0.717) is 12.0 Å². The Bertz CT molecular complexity index is 780. The number of benzene rings is 3. The van der Waals surface area contributed by atoms with E-state index in [1.165, 1.54) is 6.07 Å². The zero-order valence-electron chi connectivity index (χ0n) is 12.6. The minimum Gasteiger partial charge on any atom is -0.207 e. The lowest BCUT2D eigenvalue weighted by atomic mass is 9.71. The van der Waals surface area contributed by atoms with Gasteiger partial charge in [-0.05, 0) is 22.8 Å². The molecule has 0 unspecified atom stereocenters. The lowest BCUT2D eigenvalue weighted by Crippen LogP contribution is -2.29. The summed E-state index contributed by atoms with van der Waals surface area (Å²) in [5, 5.41) is 10.1. The van der Waals surface area contributed by atoms with E-state index in [0.717, 1.165) is 11.1 Å². The summed E-state index contributed by atoms with van der Waals surface area (Å²) in [6.07, 6.45) is 0.296. The van der Waals surface area contributed by atoms with E-state index in [1.54, 1.807) is 18.2 Å². The molecule has 0 aliphatic heterocycles. The molecule has 1 nitrogen and oxygen atoms in total. The molecule has 2 heteroatoms. The molecule has 23 heavy (non-hydrogen) atoms. The first-order valence-corrected chi connectivity index (χ1v) is 7.52. The van der Waals surface area contributed by atoms with Gasteiger partial charge in [0, 0.05) is 6.42 Å². The lowest BCUT2D eigenvalue weighted by Gasteiger charge is -2.28. The Morgan fingerprint density at radius 2 is 1.22 bits per heavy atom. The maximum Gasteiger partial charge on any atom is 0.126 e. The molecule has 0 radical (unpaired) electrons. The number of hydrogen-bond donors (Lipinski definition) is 0. The van der Waals surface area contributed by atoms with Crippen LogP contribution in [-0.4, -0.2) is 0 Å². The molecule has 0 saturated heterocycles. The van der Waals surface area contributed by atoms with Crippen LogP contribution in [0.1, 0.15) is 16.7 Å². The Morgan fingerprint density at radius 3 is 1.70 bits per heavy atom. The van der Waals surface area contributed by atoms with Crippen LogP contribution in [0.3, 0.4) is 0 Å². The second-order valence-corrected chi connectivity index (χ2v) is 5.52. The van der Waals surface area contributed by atoms with Crippen molar-refractivity contribution >= 4 is 0 Å². The van der Waals surface area contributed by atoms with Gasteiger partial charge in [-0.1, -0.05) is 78.9 Å². The summed E-state index contributed by atoms with van der Waals surface area (Å²) < 4.78 is 14.2. The zero-order valence-corrected chi connectivity index (χ0v) is 12.6. The highest BCUT2D eigenvalue weighted by Crippen LogP contribution is 2.35. The summed E-state index contributed by atoms with van der Waals surface area (Å²) in [5.41, 5.74) is 1.38. The van der Waals surface area contributed by atoms with E-state index in [9.17, 15) is 9.65 Å². The van der Waals surface area contributed by atoms with Crippen LogP contribution in [0, 0.1) is 17.1 Å². The van der Waals surface area contributed by atoms with Crippen LogP contribution in [0.5, 0.6) is 0 Å². The molecule has 0 spiro atoms. The van der Waals surface area contributed by atoms with E-state index >= 15 is 0 Å². The number of halogens is 1. The number of hydrogen-bond acceptors (Lipinski definition) is 1. The van der Waals surface area contributed by atoms with Gasteiger partial charge < -0.3 is 0 Å². The van der Waals surface area contributed by atoms with E-state index in [-0.39, 0.29) is 5.82 Å². The molecule has 0 saturated carbocycles. The third kappa shape index (κ3) is 2.86. The Hall–Kier alpha value is -2.92. The summed E-state index contributed by atoms with van der Waals surface area (Å²) in [6, 6.07) is 28.3. The fourth-order valence-corrected chi connectivity index (χ4v) is 2.91. The van der Waals surface area contributed by atoms with E-state index < -0.39 is 5.41 Å². The first kappa shape index (κ1) is 15.0. The van der Waals surface area contributed by atoms with Crippen molar-refractivity contribution in [1.82, 2.24) is 0 Å². The van der Waals surface area contributed by atoms with Gasteiger partial charge in [0.2, 0.25) is 0 Å². The smallest absolute Gasteiger partial charge is 0.126 e. The molecule has 0 amide bonds. The molecule has 0 aliphatic carbocycles. The number of nitriles is 1. The monoisotopic (exact) mass is 301 g/mol. The van der Waals surface area contributed by atoms with E-state index in [2.05, 4.69) is 6.07 Å². The maximum absolute atomic E-state index is 14.2. The maximum atomic E-state index is 14.2. The quantitative estimate of drug-likeness (QED) is 0.674. The Balaban J connectivity index is 2.18. The van der Waals surface area contributed by atoms with Gasteiger partial charge in [-0.2, -0.15) is 5.26 Å². The van der Waals surface area contributed by atoms with Gasteiger partial charge in [-0.15, -0.1) is 0 Å². The normalized spacial score (nSPS) is 11.0. The van der Waals surface area contributed by atoms with Crippen molar-refractivity contribution in [3.63, 3.8) is 0 Å². The zero-order chi connectivity index (χ0) is 16.1. The van der Waals surface area contributed by atoms with Gasteiger partial charge in [0.25, 0.3) is 0 Å². The fraction of sp³-hybridized carbons (Fsp3) is 0.0952. The van der Waals surface area contributed by atoms with Gasteiger partial charge in [0.05, 0.1) is 6.07 Å². The second kappa shape index (κ2) is 6.46. The van der Waals surface area contributed by atoms with Crippen LogP contribution in [-0.2, 0) is 11.8 Å². The number of rotatable bonds is 4. The topological polar surface area (TPSA) is 23.8 Å². The fourth-order valence-electron chi connectivity index (χ4n) is 2.91. The van der Waals surface area contributed by atoms with Crippen LogP contribution in [0.15, 0.2) is 84.9 Å². The predicted molar refractivity (Wildman–Crippen MR) is 89.4 cm³/mol. The highest BCUT2D eigenvalue weighted by Gasteiger charge is 2.35. The van der Waals surface area contributed by atoms with Gasteiger partial charge in [0.15, 0.2) is 0 Å². The minimum absolute atomic E-state index is 0.279. The van der Waals surface area contributed by atoms with E-state index in [1.807, 2.05) is 60.7 Å². The summed E-state index contributed by atoms with van der Waals surface area (Å²) >= 11 is 0. The third-order valence-electron chi connectivity index (χ3n) is 4.14. The molecule has 112 valence electrons. The molecule has 0 heterocycles. The van der Waals surface area contributed by atoms with Gasteiger partial charge in [-0.25, -0.2) is 4.39 Å². The average molecular weight is 301 g/mol. The van der Waals surface area contributed by atoms with Crippen molar-refractivity contribution in [2.75, 3.05) is 0 Å². The van der Waals surface area contributed by atoms with Gasteiger partial charge in [-0.3, -0.25) is 0 Å². The van der Waals surface area contributed by atoms with Crippen molar-refractivity contribution in [3.8, 4) is 6.07 Å². The first-order chi connectivity index (χ1) is 11.3. The van der Waals surface area contributed by atoms with E-state index in [4.69, 9.17) is 0 Å². The molecule has 0 N–H and O–H groups in total. The van der Waals surface area contributed by atoms with Crippen LogP contribution < -0.4 is 0 Å². The third-order valence-corrected chi connectivity index (χ3v) is 4.14. The molecular formula is C21H16FN. The summed E-state index contributed by atoms with van der Waals surface area (Å²) in [5.74, 6) is -0.279. The van der Waals surface area contributed by atoms with Crippen molar-refractivity contribution < 1.29 is 4.39 Å². The minimum atomic E-state index is -0.912. The highest BCUT2D eigenvalue weighted by atomic mass is 19.1. The molecule has 0 aromatic heterocycles. The molecular weight excluding hydrogens is 285 g/mol. The Morgan fingerprint density at radius 1 is 0.739 bits per heavy atom. The predicted octanol–water partition coefficient (Wildman–Crippen LogP) is 4.88. The first-order valence-electron chi connectivity index (χ1n) is 7.52. The van der Waals surface area contributed by atoms with Gasteiger partial charge in [0.1, 0.15) is 11.2 Å². The molecule has 0 atom stereocenters. The molecule has 3 rings (SSSR count). The van der Waals surface area contributed by atoms with Crippen LogP contribution in [0.2, 0.25) is 0 Å². The highest BCUT2D eigenvalue weighted by molar-refractivity contribution is 5.48. The number of nitrogens with zero attached hydrogens (tertiary/aromatic N) is 1. The Labute approximate surface area is 135 Å². The summed E-state index contributed by atoms with van der Waals surface area (Å²) in [4.78, 5) is 0. The van der Waals surface area contributed by atoms with Crippen molar-refractivity contribution in [3.05, 3.63) is 107 Å². The summed E-state index contributed by atoms with van der Waals surface area (Å²) in [6.45, 7) is 0. The van der Waals surface area contributed by atoms with Crippen molar-refractivity contribution in [1.29, 1.82) is 5.26 Å². The molecule has 3 aromatic carbocycles. The average Bonchev–Trinajstić information content (AvgIpc) is 2.63. The largest absolute Gasteiger partial charge is 0.207 e. The molecule has 3 aromatic rings. The Kier molecular flexibility index (Phi) is 4.21. The summed E-state index contributed by atoms with van der Waals surface area (Å²) in [7, 11) is 0. The lowest BCUT2D eigenvalue weighted by molar-refractivity contribution is 0.577. The van der Waals surface area contributed by atoms with Crippen molar-refractivity contribution in [2.24, 2.45) is 0 Å². The standard InChI is InChI=1S/C21H16FN/c22-20-14-8-7-9-17(20)15-21(16-23,18-10-3-1-4-11-18)19-12-5-2-6-13-19/h1-14H,15H2. The van der Waals surface area contributed by atoms with Crippen molar-refractivity contribution in [2.45, 2.75) is 11.8 Å². The van der Waals surface area contributed by atoms with Gasteiger partial charge >= 0.3 is 0 Å².